The molecule has 4 saturated heterocycles. The van der Waals surface area contributed by atoms with Gasteiger partial charge < -0.3 is 117 Å². The molecule has 36 heteroatoms. The van der Waals surface area contributed by atoms with Crippen LogP contribution in [-0.2, 0) is 124 Å². The Kier molecular flexibility index (Phi) is 40.0. The van der Waals surface area contributed by atoms with Crippen molar-refractivity contribution in [1.29, 1.82) is 0 Å². The average molecular weight is 2070 g/mol. The van der Waals surface area contributed by atoms with E-state index >= 15 is 0 Å². The van der Waals surface area contributed by atoms with Gasteiger partial charge in [0.2, 0.25) is 0 Å². The maximum atomic E-state index is 13.0. The van der Waals surface area contributed by atoms with E-state index in [1.165, 1.54) is 26.4 Å². The summed E-state index contributed by atoms with van der Waals surface area (Å²) < 4.78 is 96.8. The smallest absolute Gasteiger partial charge is 0.407 e. The fourth-order valence-electron chi connectivity index (χ4n) is 18.1. The van der Waals surface area contributed by atoms with Gasteiger partial charge in [0.25, 0.3) is 0 Å². The number of esters is 6. The fraction of sp³-hybridized carbons (Fsp3) is 0.404. The highest BCUT2D eigenvalue weighted by atomic mass is 16.8. The summed E-state index contributed by atoms with van der Waals surface area (Å²) in [4.78, 5) is 148. The lowest BCUT2D eigenvalue weighted by molar-refractivity contribution is -0.158. The molecule has 4 aliphatic heterocycles. The molecule has 8 aromatic rings. The van der Waals surface area contributed by atoms with Crippen LogP contribution in [0.4, 0.5) is 19.2 Å². The standard InChI is InChI=1S/2C29H33NO8.2C28H31NO8/c1-18(2)14-15-35-27(31)24(12-13-26-36-17-25(38-26)28(32)34-3)30-29(33)37-16-23-21-10-6-4-8-19(21)20-9-5-7-11-22(20)23;1-5-29(2,3)38-26(31)23(14-15-25-35-17-24(37-25)27(32)34-4)30-28(33)36-16-22-20-12-8-6-10-18(20)19-11-7-9-13-21(19)22;1-17(2)13-14-34-27(32)23(11-12-25-35-16-24(37-25)26(30)31)29-28(33)36-15-22-20-9-5-3-7-18(20)19-8-4-6-10-21(19)22;1-4-28(2,3)37-26(32)22(13-14-24-34-16-23(36-24)25(30)31)29-27(33)35-15-21-19-11-7-5-9-17(19)18-10-6-8-12-20(18)21/h4-11,14,23-26H,12-13,15-17H2,1-3H3,(H,30,33);5-13,22-25H,1,14-17H2,2-4H3,(H,30,33);3-10,13,22-25H,11-12,14-16H2,1-2H3,(H,29,33)(H,30,31);4-12,21-24H,1,13-16H2,2-3H3,(H,29,33)(H,30,31)/t24-,25-,26?;2*23-,24-,25?;22-,23-,24?/m0000/s1. The van der Waals surface area contributed by atoms with Crippen molar-refractivity contribution in [1.82, 2.24) is 21.3 Å². The predicted molar refractivity (Wildman–Crippen MR) is 544 cm³/mol. The number of fused-ring (bicyclic) bond motifs is 12. The fourth-order valence-corrected chi connectivity index (χ4v) is 18.1. The van der Waals surface area contributed by atoms with E-state index < -0.39 is 157 Å². The van der Waals surface area contributed by atoms with Crippen LogP contribution in [0.15, 0.2) is 243 Å². The van der Waals surface area contributed by atoms with Gasteiger partial charge in [0.15, 0.2) is 49.6 Å². The molecule has 16 rings (SSSR count). The molecule has 4 heterocycles. The minimum absolute atomic E-state index is 0.0513. The molecular formula is C114H128N4O32. The summed E-state index contributed by atoms with van der Waals surface area (Å²) in [5.41, 5.74) is 17.7. The van der Waals surface area contributed by atoms with Crippen molar-refractivity contribution < 1.29 is 153 Å². The first-order chi connectivity index (χ1) is 72.1. The van der Waals surface area contributed by atoms with Crippen LogP contribution >= 0.6 is 0 Å². The molecular weight excluding hydrogens is 1940 g/mol. The van der Waals surface area contributed by atoms with Crippen molar-refractivity contribution >= 4 is 72.1 Å². The van der Waals surface area contributed by atoms with E-state index in [1.807, 2.05) is 185 Å². The number of rotatable bonds is 40. The van der Waals surface area contributed by atoms with Gasteiger partial charge in [-0.3, -0.25) is 0 Å². The maximum Gasteiger partial charge on any atom is 0.407 e. The first-order valence-electron chi connectivity index (χ1n) is 49.6. The number of hydrogen-bond donors (Lipinski definition) is 6. The van der Waals surface area contributed by atoms with E-state index in [0.717, 1.165) is 100 Å². The molecule has 4 amide bonds. The van der Waals surface area contributed by atoms with Crippen molar-refractivity contribution in [2.75, 3.05) is 80.3 Å². The van der Waals surface area contributed by atoms with Crippen molar-refractivity contribution in [2.24, 2.45) is 0 Å². The number of ether oxygens (including phenoxy) is 18. The lowest BCUT2D eigenvalue weighted by Crippen LogP contribution is -2.45. The second kappa shape index (κ2) is 53.4. The van der Waals surface area contributed by atoms with Crippen LogP contribution in [0.2, 0.25) is 0 Å². The summed E-state index contributed by atoms with van der Waals surface area (Å²) in [6, 6.07) is 60.1. The monoisotopic (exact) mass is 2060 g/mol. The summed E-state index contributed by atoms with van der Waals surface area (Å²) in [5.74, 6) is -6.31. The molecule has 0 radical (unpaired) electrons. The van der Waals surface area contributed by atoms with Gasteiger partial charge in [-0.1, -0.05) is 218 Å². The number of methoxy groups -OCH3 is 2. The molecule has 0 spiro atoms. The molecule has 0 bridgehead atoms. The molecule has 150 heavy (non-hydrogen) atoms. The second-order valence-corrected chi connectivity index (χ2v) is 38.0. The number of carboxylic acid groups (broad SMARTS) is 2. The molecule has 8 aromatic carbocycles. The van der Waals surface area contributed by atoms with E-state index in [2.05, 4.69) is 80.3 Å². The van der Waals surface area contributed by atoms with E-state index in [4.69, 9.17) is 86.0 Å². The Morgan fingerprint density at radius 3 is 0.733 bits per heavy atom. The summed E-state index contributed by atoms with van der Waals surface area (Å²) in [6.07, 6.45) is -1.95. The summed E-state index contributed by atoms with van der Waals surface area (Å²) in [7, 11) is 2.54. The van der Waals surface area contributed by atoms with Crippen LogP contribution < -0.4 is 21.3 Å². The Hall–Kier alpha value is -14.8. The molecule has 4 unspecified atom stereocenters. The number of nitrogens with one attached hydrogen (secondary N) is 4. The Morgan fingerprint density at radius 2 is 0.533 bits per heavy atom. The van der Waals surface area contributed by atoms with Gasteiger partial charge >= 0.3 is 72.1 Å². The number of allylic oxidation sites excluding steroid dienone is 2. The van der Waals surface area contributed by atoms with Crippen LogP contribution in [0.3, 0.4) is 0 Å². The molecule has 12 atom stereocenters. The van der Waals surface area contributed by atoms with Crippen molar-refractivity contribution in [2.45, 2.75) is 215 Å². The third kappa shape index (κ3) is 30.3. The zero-order chi connectivity index (χ0) is 107. The minimum Gasteiger partial charge on any atom is -0.479 e. The molecule has 4 fully saturated rings. The number of amides is 4. The topological polar surface area (TPSA) is 460 Å². The van der Waals surface area contributed by atoms with E-state index in [-0.39, 0.29) is 141 Å². The molecule has 0 aromatic heterocycles. The van der Waals surface area contributed by atoms with Crippen molar-refractivity contribution in [3.8, 4) is 44.5 Å². The minimum atomic E-state index is -1.12. The van der Waals surface area contributed by atoms with Crippen molar-refractivity contribution in [3.63, 3.8) is 0 Å². The molecule has 4 aliphatic carbocycles. The third-order valence-corrected chi connectivity index (χ3v) is 26.1. The third-order valence-electron chi connectivity index (χ3n) is 26.1. The molecule has 6 N–H and O–H groups in total. The predicted octanol–water partition coefficient (Wildman–Crippen LogP) is 16.2. The lowest BCUT2D eigenvalue weighted by atomic mass is 9.98. The van der Waals surface area contributed by atoms with Crippen LogP contribution in [0.1, 0.15) is 175 Å². The average Bonchev–Trinajstić information content (AvgIpc) is 1.63. The van der Waals surface area contributed by atoms with Crippen LogP contribution in [-0.4, -0.2) is 248 Å². The Morgan fingerprint density at radius 1 is 0.327 bits per heavy atom. The number of aliphatic carboxylic acids is 2. The number of benzene rings is 8. The van der Waals surface area contributed by atoms with Crippen LogP contribution in [0, 0.1) is 0 Å². The van der Waals surface area contributed by atoms with E-state index in [1.54, 1.807) is 39.8 Å². The molecule has 0 saturated carbocycles. The molecule has 8 aliphatic rings. The SMILES string of the molecule is C=CC(C)(C)OC(=O)[C@H](CCC1OC[C@@H](C(=O)O)O1)NC(=O)OCC1c2ccccc2-c2ccccc21.C=CC(C)(C)OC(=O)[C@H](CCC1OC[C@@H](C(=O)OC)O1)NC(=O)OCC1c2ccccc2-c2ccccc21.CC(C)=CCOC(=O)[C@H](CCC1OC[C@@H](C(=O)O)O1)NC(=O)OCC1c2ccccc2-c2ccccc21.COC(=O)[C@@H]1COC(CC[C@H](NC(=O)OCC2c3ccccc3-c3ccccc32)C(=O)OCC=C(C)C)O1. The van der Waals surface area contributed by atoms with Crippen molar-refractivity contribution in [3.05, 3.63) is 287 Å². The van der Waals surface area contributed by atoms with E-state index in [9.17, 15) is 57.5 Å². The Balaban J connectivity index is 0.000000167. The summed E-state index contributed by atoms with van der Waals surface area (Å²) in [5, 5.41) is 28.6. The van der Waals surface area contributed by atoms with Gasteiger partial charge in [-0.05, 0) is 194 Å². The normalized spacial score (nSPS) is 19.0. The largest absolute Gasteiger partial charge is 0.479 e. The second-order valence-electron chi connectivity index (χ2n) is 38.0. The van der Waals surface area contributed by atoms with E-state index in [0.29, 0.717) is 0 Å². The Labute approximate surface area is 869 Å². The molecule has 36 nitrogen and oxygen atoms in total. The van der Waals surface area contributed by atoms with Gasteiger partial charge in [0.05, 0.1) is 40.6 Å². The number of hydrogen-bond acceptors (Lipinski definition) is 30. The highest BCUT2D eigenvalue weighted by Gasteiger charge is 2.43. The zero-order valence-electron chi connectivity index (χ0n) is 85.3. The van der Waals surface area contributed by atoms with Gasteiger partial charge in [-0.25, -0.2) is 57.5 Å². The van der Waals surface area contributed by atoms with Gasteiger partial charge in [-0.15, -0.1) is 0 Å². The summed E-state index contributed by atoms with van der Waals surface area (Å²) in [6.45, 7) is 22.2. The first-order valence-corrected chi connectivity index (χ1v) is 49.6. The highest BCUT2D eigenvalue weighted by molar-refractivity contribution is 5.87. The number of carbonyl (C=O) groups is 12. The van der Waals surface area contributed by atoms with Gasteiger partial charge in [-0.2, -0.15) is 0 Å². The van der Waals surface area contributed by atoms with Gasteiger partial charge in [0.1, 0.15) is 75.0 Å². The lowest BCUT2D eigenvalue weighted by Gasteiger charge is -2.25. The Bertz CT molecular complexity index is 6020. The zero-order valence-corrected chi connectivity index (χ0v) is 85.3. The maximum absolute atomic E-state index is 13.0. The van der Waals surface area contributed by atoms with Crippen LogP contribution in [0.5, 0.6) is 0 Å². The summed E-state index contributed by atoms with van der Waals surface area (Å²) >= 11 is 0. The molecule has 796 valence electrons. The van der Waals surface area contributed by atoms with Crippen LogP contribution in [0.25, 0.3) is 44.5 Å². The number of carbonyl (C=O) groups excluding carboxylic acids is 10. The first kappa shape index (κ1) is 112. The number of alkyl carbamates (subject to hydrolysis) is 4. The number of carboxylic acids is 2. The highest BCUT2D eigenvalue weighted by Crippen LogP contribution is 2.49. The van der Waals surface area contributed by atoms with Gasteiger partial charge in [0, 0.05) is 49.4 Å². The quantitative estimate of drug-likeness (QED) is 0.0118.